The van der Waals surface area contributed by atoms with Crippen LogP contribution in [0.5, 0.6) is 17.2 Å². The topological polar surface area (TPSA) is 129 Å². The van der Waals surface area contributed by atoms with E-state index in [0.717, 1.165) is 5.56 Å². The van der Waals surface area contributed by atoms with Gasteiger partial charge in [-0.25, -0.2) is 4.98 Å². The zero-order valence-electron chi connectivity index (χ0n) is 19.2. The third kappa shape index (κ3) is 5.01. The molecule has 0 saturated heterocycles. The van der Waals surface area contributed by atoms with Crippen molar-refractivity contribution in [1.29, 1.82) is 0 Å². The molecule has 0 saturated carbocycles. The van der Waals surface area contributed by atoms with E-state index < -0.39 is 16.9 Å². The molecule has 0 fully saturated rings. The molecule has 1 aromatic heterocycles. The minimum atomic E-state index is -0.463. The van der Waals surface area contributed by atoms with Gasteiger partial charge in [-0.2, -0.15) is 0 Å². The highest BCUT2D eigenvalue weighted by Crippen LogP contribution is 2.30. The number of ether oxygens (including phenoxy) is 2. The minimum absolute atomic E-state index is 0.0831. The zero-order chi connectivity index (χ0) is 24.9. The SMILES string of the molecule is COc1cc(CC(CNC(=O)c2ccccc2O)n2cnc3cccc([N+](=O)[O-])c32)cc(OC)c1. The Labute approximate surface area is 200 Å². The monoisotopic (exact) mass is 476 g/mol. The Bertz CT molecular complexity index is 1360. The summed E-state index contributed by atoms with van der Waals surface area (Å²) in [5, 5.41) is 24.6. The summed E-state index contributed by atoms with van der Waals surface area (Å²) in [6.07, 6.45) is 1.91. The van der Waals surface area contributed by atoms with E-state index in [-0.39, 0.29) is 23.5 Å². The Kier molecular flexibility index (Phi) is 6.81. The summed E-state index contributed by atoms with van der Waals surface area (Å²) < 4.78 is 12.4. The van der Waals surface area contributed by atoms with Crippen LogP contribution in [-0.4, -0.2) is 46.3 Å². The van der Waals surface area contributed by atoms with E-state index in [2.05, 4.69) is 10.3 Å². The first-order chi connectivity index (χ1) is 16.9. The van der Waals surface area contributed by atoms with Crippen molar-refractivity contribution in [3.05, 3.63) is 88.2 Å². The molecule has 0 radical (unpaired) electrons. The average molecular weight is 476 g/mol. The van der Waals surface area contributed by atoms with Gasteiger partial charge in [0, 0.05) is 18.7 Å². The third-order valence-corrected chi connectivity index (χ3v) is 5.69. The lowest BCUT2D eigenvalue weighted by Gasteiger charge is -2.21. The lowest BCUT2D eigenvalue weighted by atomic mass is 10.0. The van der Waals surface area contributed by atoms with Crippen LogP contribution in [0.4, 0.5) is 5.69 Å². The van der Waals surface area contributed by atoms with E-state index in [9.17, 15) is 20.0 Å². The molecule has 1 heterocycles. The molecule has 4 rings (SSSR count). The molecule has 1 amide bonds. The second kappa shape index (κ2) is 10.1. The molecular weight excluding hydrogens is 452 g/mol. The molecule has 3 aromatic carbocycles. The van der Waals surface area contributed by atoms with Gasteiger partial charge in [-0.3, -0.25) is 14.9 Å². The molecule has 10 nitrogen and oxygen atoms in total. The molecule has 4 aromatic rings. The normalized spacial score (nSPS) is 11.7. The van der Waals surface area contributed by atoms with E-state index in [0.29, 0.717) is 29.0 Å². The van der Waals surface area contributed by atoms with Crippen molar-refractivity contribution in [2.45, 2.75) is 12.5 Å². The Morgan fingerprint density at radius 3 is 2.49 bits per heavy atom. The number of aromatic hydroxyl groups is 1. The van der Waals surface area contributed by atoms with Crippen LogP contribution in [0.25, 0.3) is 11.0 Å². The van der Waals surface area contributed by atoms with Crippen molar-refractivity contribution in [3.63, 3.8) is 0 Å². The number of nitro groups is 1. The van der Waals surface area contributed by atoms with Crippen molar-refractivity contribution < 1.29 is 24.3 Å². The molecule has 1 unspecified atom stereocenters. The fraction of sp³-hybridized carbons (Fsp3) is 0.200. The number of amides is 1. The molecule has 0 bridgehead atoms. The molecule has 0 aliphatic rings. The first-order valence-corrected chi connectivity index (χ1v) is 10.8. The number of phenolic OH excluding ortho intramolecular Hbond substituents is 1. The van der Waals surface area contributed by atoms with Crippen LogP contribution in [0.2, 0.25) is 0 Å². The molecule has 0 spiro atoms. The van der Waals surface area contributed by atoms with Crippen LogP contribution < -0.4 is 14.8 Å². The van der Waals surface area contributed by atoms with E-state index >= 15 is 0 Å². The van der Waals surface area contributed by atoms with E-state index in [4.69, 9.17) is 9.47 Å². The van der Waals surface area contributed by atoms with Crippen molar-refractivity contribution in [1.82, 2.24) is 14.9 Å². The van der Waals surface area contributed by atoms with E-state index in [1.54, 1.807) is 49.1 Å². The number of nitro benzene ring substituents is 1. The van der Waals surface area contributed by atoms with Crippen molar-refractivity contribution in [2.75, 3.05) is 20.8 Å². The van der Waals surface area contributed by atoms with Crippen molar-refractivity contribution in [2.24, 2.45) is 0 Å². The van der Waals surface area contributed by atoms with Crippen LogP contribution in [0, 0.1) is 10.1 Å². The number of phenols is 1. The van der Waals surface area contributed by atoms with Gasteiger partial charge in [0.1, 0.15) is 22.8 Å². The quantitative estimate of drug-likeness (QED) is 0.277. The van der Waals surface area contributed by atoms with Crippen LogP contribution in [0.15, 0.2) is 67.0 Å². The van der Waals surface area contributed by atoms with Gasteiger partial charge in [0.05, 0.1) is 42.6 Å². The number of hydrogen-bond donors (Lipinski definition) is 2. The average Bonchev–Trinajstić information content (AvgIpc) is 3.30. The smallest absolute Gasteiger partial charge is 0.295 e. The van der Waals surface area contributed by atoms with Crippen molar-refractivity contribution >= 4 is 22.6 Å². The predicted molar refractivity (Wildman–Crippen MR) is 129 cm³/mol. The number of fused-ring (bicyclic) bond motifs is 1. The van der Waals surface area contributed by atoms with Gasteiger partial charge in [-0.1, -0.05) is 18.2 Å². The summed E-state index contributed by atoms with van der Waals surface area (Å²) in [7, 11) is 3.10. The Balaban J connectivity index is 1.73. The maximum absolute atomic E-state index is 12.8. The van der Waals surface area contributed by atoms with Gasteiger partial charge in [-0.15, -0.1) is 0 Å². The van der Waals surface area contributed by atoms with Crippen LogP contribution in [0.3, 0.4) is 0 Å². The van der Waals surface area contributed by atoms with Gasteiger partial charge in [-0.05, 0) is 42.3 Å². The number of carbonyl (C=O) groups excluding carboxylic acids is 1. The van der Waals surface area contributed by atoms with E-state index in [1.807, 2.05) is 12.1 Å². The number of para-hydroxylation sites is 2. The fourth-order valence-electron chi connectivity index (χ4n) is 3.99. The highest BCUT2D eigenvalue weighted by atomic mass is 16.6. The van der Waals surface area contributed by atoms with Gasteiger partial charge >= 0.3 is 0 Å². The number of nitrogens with zero attached hydrogens (tertiary/aromatic N) is 3. The predicted octanol–water partition coefficient (Wildman–Crippen LogP) is 3.88. The highest BCUT2D eigenvalue weighted by molar-refractivity contribution is 5.96. The van der Waals surface area contributed by atoms with Crippen LogP contribution in [0.1, 0.15) is 22.0 Å². The fourth-order valence-corrected chi connectivity index (χ4v) is 3.99. The second-order valence-corrected chi connectivity index (χ2v) is 7.86. The molecule has 1 atom stereocenters. The molecule has 0 aliphatic carbocycles. The molecule has 180 valence electrons. The minimum Gasteiger partial charge on any atom is -0.507 e. The number of carbonyl (C=O) groups is 1. The summed E-state index contributed by atoms with van der Waals surface area (Å²) in [5.74, 6) is 0.591. The molecule has 0 aliphatic heterocycles. The van der Waals surface area contributed by atoms with Crippen molar-refractivity contribution in [3.8, 4) is 17.2 Å². The van der Waals surface area contributed by atoms with Gasteiger partial charge in [0.2, 0.25) is 0 Å². The number of nitrogens with one attached hydrogen (secondary N) is 1. The first kappa shape index (κ1) is 23.6. The summed E-state index contributed by atoms with van der Waals surface area (Å²) in [6.45, 7) is 0.115. The Morgan fingerprint density at radius 2 is 1.83 bits per heavy atom. The van der Waals surface area contributed by atoms with Gasteiger partial charge < -0.3 is 24.5 Å². The number of methoxy groups -OCH3 is 2. The number of hydrogen-bond acceptors (Lipinski definition) is 7. The lowest BCUT2D eigenvalue weighted by Crippen LogP contribution is -2.31. The number of benzene rings is 3. The maximum atomic E-state index is 12.8. The van der Waals surface area contributed by atoms with E-state index in [1.165, 1.54) is 24.5 Å². The number of rotatable bonds is 9. The summed E-state index contributed by atoms with van der Waals surface area (Å²) in [5.41, 5.74) is 1.72. The third-order valence-electron chi connectivity index (χ3n) is 5.69. The maximum Gasteiger partial charge on any atom is 0.295 e. The Hall–Kier alpha value is -4.60. The zero-order valence-corrected chi connectivity index (χ0v) is 19.2. The highest BCUT2D eigenvalue weighted by Gasteiger charge is 2.23. The molecule has 10 heteroatoms. The van der Waals surface area contributed by atoms with Crippen LogP contribution >= 0.6 is 0 Å². The van der Waals surface area contributed by atoms with Gasteiger partial charge in [0.25, 0.3) is 11.6 Å². The summed E-state index contributed by atoms with van der Waals surface area (Å²) in [4.78, 5) is 28.4. The summed E-state index contributed by atoms with van der Waals surface area (Å²) >= 11 is 0. The number of aromatic nitrogens is 2. The standard InChI is InChI=1S/C25H24N4O6/c1-34-18-11-16(12-19(13-18)35-2)10-17(14-26-25(31)20-6-3-4-9-23(20)30)28-15-27-21-7-5-8-22(24(21)28)29(32)33/h3-9,11-13,15,17,30H,10,14H2,1-2H3,(H,26,31). The lowest BCUT2D eigenvalue weighted by molar-refractivity contribution is -0.383. The largest absolute Gasteiger partial charge is 0.507 e. The number of non-ortho nitro benzene ring substituents is 1. The molecule has 35 heavy (non-hydrogen) atoms. The van der Waals surface area contributed by atoms with Gasteiger partial charge in [0.15, 0.2) is 0 Å². The first-order valence-electron chi connectivity index (χ1n) is 10.8. The molecular formula is C25H24N4O6. The second-order valence-electron chi connectivity index (χ2n) is 7.86. The van der Waals surface area contributed by atoms with Crippen LogP contribution in [-0.2, 0) is 6.42 Å². The molecule has 2 N–H and O–H groups in total. The Morgan fingerprint density at radius 1 is 1.11 bits per heavy atom. The summed E-state index contributed by atoms with van der Waals surface area (Å²) in [6, 6.07) is 15.9. The number of imidazole rings is 1.